The van der Waals surface area contributed by atoms with Crippen LogP contribution in [0.1, 0.15) is 19.8 Å². The molecule has 76 valence electrons. The molecule has 0 aliphatic rings. The molecule has 0 heterocycles. The maximum absolute atomic E-state index is 10.9. The molecule has 5 nitrogen and oxygen atoms in total. The van der Waals surface area contributed by atoms with Gasteiger partial charge >= 0.3 is 0 Å². The molecule has 0 aromatic carbocycles. The minimum absolute atomic E-state index is 0.0269. The number of carbonyl (C=O) groups excluding carboxylic acids is 2. The normalized spacial score (nSPS) is 9.38. The lowest BCUT2D eigenvalue weighted by atomic mass is 10.3. The molecule has 0 aliphatic carbocycles. The molecule has 2 amide bonds. The zero-order valence-corrected chi connectivity index (χ0v) is 7.80. The third-order valence-corrected chi connectivity index (χ3v) is 1.38. The summed E-state index contributed by atoms with van der Waals surface area (Å²) < 4.78 is 0. The van der Waals surface area contributed by atoms with Crippen LogP contribution in [-0.4, -0.2) is 36.6 Å². The second-order valence-electron chi connectivity index (χ2n) is 2.66. The van der Waals surface area contributed by atoms with E-state index in [9.17, 15) is 9.59 Å². The second-order valence-corrected chi connectivity index (χ2v) is 2.66. The van der Waals surface area contributed by atoms with Gasteiger partial charge in [0, 0.05) is 33.0 Å². The van der Waals surface area contributed by atoms with Crippen LogP contribution in [0.25, 0.3) is 0 Å². The molecule has 0 spiro atoms. The summed E-state index contributed by atoms with van der Waals surface area (Å²) in [5.74, 6) is -0.205. The average Bonchev–Trinajstić information content (AvgIpc) is 2.08. The van der Waals surface area contributed by atoms with Crippen molar-refractivity contribution < 1.29 is 14.7 Å². The van der Waals surface area contributed by atoms with Crippen molar-refractivity contribution in [3.8, 4) is 0 Å². The van der Waals surface area contributed by atoms with Gasteiger partial charge in [0.1, 0.15) is 0 Å². The zero-order chi connectivity index (χ0) is 10.1. The topological polar surface area (TPSA) is 78.4 Å². The molecule has 0 saturated carbocycles. The van der Waals surface area contributed by atoms with E-state index in [-0.39, 0.29) is 18.4 Å². The van der Waals surface area contributed by atoms with Crippen molar-refractivity contribution in [3.63, 3.8) is 0 Å². The van der Waals surface area contributed by atoms with E-state index in [2.05, 4.69) is 10.6 Å². The Morgan fingerprint density at radius 2 is 1.85 bits per heavy atom. The molecule has 0 fully saturated rings. The van der Waals surface area contributed by atoms with Gasteiger partial charge in [0.25, 0.3) is 0 Å². The van der Waals surface area contributed by atoms with Crippen LogP contribution in [-0.2, 0) is 9.59 Å². The third-order valence-electron chi connectivity index (χ3n) is 1.38. The van der Waals surface area contributed by atoms with Crippen molar-refractivity contribution in [2.75, 3.05) is 19.7 Å². The molecule has 13 heavy (non-hydrogen) atoms. The van der Waals surface area contributed by atoms with E-state index in [1.807, 2.05) is 0 Å². The van der Waals surface area contributed by atoms with Crippen LogP contribution in [0.2, 0.25) is 0 Å². The standard InChI is InChI=1S/C8H16N2O3/c1-7(12)9-4-5-10-8(13)3-2-6-11/h11H,2-6H2,1H3,(H,9,12)(H,10,13). The molecular formula is C8H16N2O3. The van der Waals surface area contributed by atoms with E-state index < -0.39 is 0 Å². The SMILES string of the molecule is CC(=O)NCCNC(=O)CCCO. The number of rotatable bonds is 6. The Balaban J connectivity index is 3.22. The van der Waals surface area contributed by atoms with Crippen LogP contribution in [0.3, 0.4) is 0 Å². The molecule has 0 aromatic rings. The van der Waals surface area contributed by atoms with E-state index in [1.165, 1.54) is 6.92 Å². The lowest BCUT2D eigenvalue weighted by Crippen LogP contribution is -2.33. The van der Waals surface area contributed by atoms with Crippen LogP contribution in [0.5, 0.6) is 0 Å². The van der Waals surface area contributed by atoms with Gasteiger partial charge in [0.15, 0.2) is 0 Å². The van der Waals surface area contributed by atoms with Gasteiger partial charge in [-0.2, -0.15) is 0 Å². The summed E-state index contributed by atoms with van der Waals surface area (Å²) in [4.78, 5) is 21.3. The summed E-state index contributed by atoms with van der Waals surface area (Å²) in [6, 6.07) is 0. The maximum atomic E-state index is 10.9. The second kappa shape index (κ2) is 7.54. The van der Waals surface area contributed by atoms with Gasteiger partial charge in [-0.05, 0) is 6.42 Å². The Morgan fingerprint density at radius 1 is 1.23 bits per heavy atom. The number of aliphatic hydroxyl groups is 1. The van der Waals surface area contributed by atoms with E-state index in [0.29, 0.717) is 25.9 Å². The van der Waals surface area contributed by atoms with E-state index in [4.69, 9.17) is 5.11 Å². The molecule has 0 saturated heterocycles. The third kappa shape index (κ3) is 8.81. The monoisotopic (exact) mass is 188 g/mol. The first-order chi connectivity index (χ1) is 6.16. The molecule has 0 unspecified atom stereocenters. The predicted octanol–water partition coefficient (Wildman–Crippen LogP) is -0.989. The fourth-order valence-corrected chi connectivity index (χ4v) is 0.768. The first kappa shape index (κ1) is 11.9. The molecular weight excluding hydrogens is 172 g/mol. The molecule has 0 aromatic heterocycles. The van der Waals surface area contributed by atoms with Crippen LogP contribution in [0.4, 0.5) is 0 Å². The van der Waals surface area contributed by atoms with Crippen molar-refractivity contribution >= 4 is 11.8 Å². The molecule has 0 rings (SSSR count). The molecule has 0 radical (unpaired) electrons. The highest BCUT2D eigenvalue weighted by atomic mass is 16.3. The molecule has 3 N–H and O–H groups in total. The number of carbonyl (C=O) groups is 2. The summed E-state index contributed by atoms with van der Waals surface area (Å²) in [7, 11) is 0. The summed E-state index contributed by atoms with van der Waals surface area (Å²) >= 11 is 0. The quantitative estimate of drug-likeness (QED) is 0.468. The molecule has 5 heteroatoms. The Hall–Kier alpha value is -1.10. The summed E-state index contributed by atoms with van der Waals surface area (Å²) in [6.45, 7) is 2.33. The van der Waals surface area contributed by atoms with Crippen molar-refractivity contribution in [1.82, 2.24) is 10.6 Å². The van der Waals surface area contributed by atoms with Crippen molar-refractivity contribution in [1.29, 1.82) is 0 Å². The number of hydrogen-bond acceptors (Lipinski definition) is 3. The Labute approximate surface area is 77.5 Å². The first-order valence-electron chi connectivity index (χ1n) is 4.29. The van der Waals surface area contributed by atoms with Gasteiger partial charge in [-0.25, -0.2) is 0 Å². The summed E-state index contributed by atoms with van der Waals surface area (Å²) in [6.07, 6.45) is 0.808. The minimum Gasteiger partial charge on any atom is -0.396 e. The highest BCUT2D eigenvalue weighted by Crippen LogP contribution is 1.85. The zero-order valence-electron chi connectivity index (χ0n) is 7.80. The lowest BCUT2D eigenvalue weighted by molar-refractivity contribution is -0.122. The van der Waals surface area contributed by atoms with Gasteiger partial charge in [-0.1, -0.05) is 0 Å². The van der Waals surface area contributed by atoms with Crippen molar-refractivity contribution in [2.24, 2.45) is 0 Å². The van der Waals surface area contributed by atoms with Crippen LogP contribution >= 0.6 is 0 Å². The highest BCUT2D eigenvalue weighted by molar-refractivity contribution is 5.76. The highest BCUT2D eigenvalue weighted by Gasteiger charge is 1.98. The fourth-order valence-electron chi connectivity index (χ4n) is 0.768. The van der Waals surface area contributed by atoms with Gasteiger partial charge < -0.3 is 15.7 Å². The predicted molar refractivity (Wildman–Crippen MR) is 48.0 cm³/mol. The number of aliphatic hydroxyl groups excluding tert-OH is 1. The number of nitrogens with one attached hydrogen (secondary N) is 2. The minimum atomic E-state index is -0.107. The van der Waals surface area contributed by atoms with E-state index >= 15 is 0 Å². The first-order valence-corrected chi connectivity index (χ1v) is 4.29. The Morgan fingerprint density at radius 3 is 2.38 bits per heavy atom. The van der Waals surface area contributed by atoms with Gasteiger partial charge in [0.05, 0.1) is 0 Å². The number of hydrogen-bond donors (Lipinski definition) is 3. The Bertz CT molecular complexity index is 171. The van der Waals surface area contributed by atoms with Crippen LogP contribution in [0, 0.1) is 0 Å². The van der Waals surface area contributed by atoms with E-state index in [0.717, 1.165) is 0 Å². The molecule has 0 bridgehead atoms. The molecule has 0 aliphatic heterocycles. The maximum Gasteiger partial charge on any atom is 0.220 e. The summed E-state index contributed by atoms with van der Waals surface area (Å²) in [5.41, 5.74) is 0. The Kier molecular flexibility index (Phi) is 6.91. The number of amides is 2. The lowest BCUT2D eigenvalue weighted by Gasteiger charge is -2.04. The van der Waals surface area contributed by atoms with Gasteiger partial charge in [-0.15, -0.1) is 0 Å². The largest absolute Gasteiger partial charge is 0.396 e. The van der Waals surface area contributed by atoms with Crippen LogP contribution in [0.15, 0.2) is 0 Å². The van der Waals surface area contributed by atoms with Gasteiger partial charge in [0.2, 0.25) is 11.8 Å². The summed E-state index contributed by atoms with van der Waals surface area (Å²) in [5, 5.41) is 13.6. The fraction of sp³-hybridized carbons (Fsp3) is 0.750. The van der Waals surface area contributed by atoms with Gasteiger partial charge in [-0.3, -0.25) is 9.59 Å². The van der Waals surface area contributed by atoms with Crippen LogP contribution < -0.4 is 10.6 Å². The average molecular weight is 188 g/mol. The molecule has 0 atom stereocenters. The van der Waals surface area contributed by atoms with Crippen molar-refractivity contribution in [2.45, 2.75) is 19.8 Å². The van der Waals surface area contributed by atoms with E-state index in [1.54, 1.807) is 0 Å². The smallest absolute Gasteiger partial charge is 0.220 e. The van der Waals surface area contributed by atoms with Crippen molar-refractivity contribution in [3.05, 3.63) is 0 Å².